The van der Waals surface area contributed by atoms with Gasteiger partial charge in [0.1, 0.15) is 5.82 Å². The topological polar surface area (TPSA) is 29.9 Å². The number of nitrogens with one attached hydrogen (secondary N) is 1. The van der Waals surface area contributed by atoms with Crippen LogP contribution >= 0.6 is 0 Å². The van der Waals surface area contributed by atoms with Crippen molar-refractivity contribution in [1.29, 1.82) is 0 Å². The lowest BCUT2D eigenvalue weighted by Gasteiger charge is -2.24. The maximum Gasteiger partial charge on any atom is 0.112 e. The van der Waals surface area contributed by atoms with Crippen molar-refractivity contribution >= 4 is 0 Å². The molecule has 1 aliphatic heterocycles. The highest BCUT2D eigenvalue weighted by molar-refractivity contribution is 5.22. The number of nitrogens with zero attached hydrogens (tertiary/aromatic N) is 2. The average Bonchev–Trinajstić information content (AvgIpc) is 2.85. The zero-order valence-corrected chi connectivity index (χ0v) is 12.2. The molecule has 0 saturated heterocycles. The van der Waals surface area contributed by atoms with E-state index in [2.05, 4.69) is 9.88 Å². The van der Waals surface area contributed by atoms with Crippen LogP contribution in [0.15, 0.2) is 0 Å². The second-order valence-electron chi connectivity index (χ2n) is 6.16. The standard InChI is InChI=1S/C16H27N3/c1-17-11-10-14-15-9-5-6-12-19(15)16(18-14)13-7-3-2-4-8-13/h13,17H,2-12H2,1H3. The molecule has 2 heterocycles. The first kappa shape index (κ1) is 13.2. The van der Waals surface area contributed by atoms with Gasteiger partial charge in [0, 0.05) is 31.1 Å². The third-order valence-electron chi connectivity index (χ3n) is 4.81. The van der Waals surface area contributed by atoms with E-state index in [1.807, 2.05) is 7.05 Å². The lowest BCUT2D eigenvalue weighted by Crippen LogP contribution is -2.17. The number of rotatable bonds is 4. The SMILES string of the molecule is CNCCc1nc(C2CCCCC2)n2c1CCCC2. The summed E-state index contributed by atoms with van der Waals surface area (Å²) < 4.78 is 2.59. The maximum absolute atomic E-state index is 5.08. The summed E-state index contributed by atoms with van der Waals surface area (Å²) in [4.78, 5) is 5.08. The molecule has 3 rings (SSSR count). The van der Waals surface area contributed by atoms with Gasteiger partial charge in [-0.05, 0) is 39.2 Å². The van der Waals surface area contributed by atoms with Crippen molar-refractivity contribution in [2.45, 2.75) is 70.3 Å². The van der Waals surface area contributed by atoms with Crippen molar-refractivity contribution in [2.24, 2.45) is 0 Å². The molecule has 2 aliphatic rings. The molecule has 1 aliphatic carbocycles. The van der Waals surface area contributed by atoms with E-state index < -0.39 is 0 Å². The average molecular weight is 261 g/mol. The van der Waals surface area contributed by atoms with Gasteiger partial charge in [-0.15, -0.1) is 0 Å². The summed E-state index contributed by atoms with van der Waals surface area (Å²) in [5, 5.41) is 3.26. The Hall–Kier alpha value is -0.830. The van der Waals surface area contributed by atoms with Gasteiger partial charge < -0.3 is 9.88 Å². The number of fused-ring (bicyclic) bond motifs is 1. The third kappa shape index (κ3) is 2.71. The Morgan fingerprint density at radius 1 is 1.16 bits per heavy atom. The number of aromatic nitrogens is 2. The third-order valence-corrected chi connectivity index (χ3v) is 4.81. The van der Waals surface area contributed by atoms with E-state index in [1.54, 1.807) is 5.69 Å². The molecule has 0 unspecified atom stereocenters. The second kappa shape index (κ2) is 6.08. The fraction of sp³-hybridized carbons (Fsp3) is 0.812. The molecular formula is C16H27N3. The number of imidazole rings is 1. The van der Waals surface area contributed by atoms with Crippen LogP contribution < -0.4 is 5.32 Å². The van der Waals surface area contributed by atoms with Crippen LogP contribution in [0.3, 0.4) is 0 Å². The first-order valence-electron chi connectivity index (χ1n) is 8.13. The van der Waals surface area contributed by atoms with E-state index in [1.165, 1.54) is 69.4 Å². The molecule has 1 aromatic rings. The first-order valence-corrected chi connectivity index (χ1v) is 8.13. The molecule has 1 fully saturated rings. The number of likely N-dealkylation sites (N-methyl/N-ethyl adjacent to an activating group) is 1. The first-order chi connectivity index (χ1) is 9.40. The zero-order chi connectivity index (χ0) is 13.1. The summed E-state index contributed by atoms with van der Waals surface area (Å²) in [6.45, 7) is 2.27. The van der Waals surface area contributed by atoms with Gasteiger partial charge in [0.25, 0.3) is 0 Å². The van der Waals surface area contributed by atoms with Crippen LogP contribution in [0.5, 0.6) is 0 Å². The molecule has 1 saturated carbocycles. The van der Waals surface area contributed by atoms with E-state index in [9.17, 15) is 0 Å². The molecule has 3 nitrogen and oxygen atoms in total. The van der Waals surface area contributed by atoms with Crippen LogP contribution in [0.1, 0.15) is 68.1 Å². The molecule has 19 heavy (non-hydrogen) atoms. The molecule has 0 amide bonds. The van der Waals surface area contributed by atoms with Crippen LogP contribution in [-0.2, 0) is 19.4 Å². The van der Waals surface area contributed by atoms with Gasteiger partial charge in [0.05, 0.1) is 5.69 Å². The summed E-state index contributed by atoms with van der Waals surface area (Å²) in [6.07, 6.45) is 12.0. The highest BCUT2D eigenvalue weighted by atomic mass is 15.1. The Bertz CT molecular complexity index is 416. The Morgan fingerprint density at radius 2 is 2.00 bits per heavy atom. The van der Waals surface area contributed by atoms with Gasteiger partial charge in [-0.2, -0.15) is 0 Å². The van der Waals surface area contributed by atoms with Crippen molar-refractivity contribution < 1.29 is 0 Å². The predicted molar refractivity (Wildman–Crippen MR) is 78.6 cm³/mol. The van der Waals surface area contributed by atoms with Gasteiger partial charge >= 0.3 is 0 Å². The van der Waals surface area contributed by atoms with Crippen LogP contribution in [0.2, 0.25) is 0 Å². The van der Waals surface area contributed by atoms with E-state index in [0.717, 1.165) is 18.9 Å². The lowest BCUT2D eigenvalue weighted by molar-refractivity contribution is 0.403. The van der Waals surface area contributed by atoms with Crippen molar-refractivity contribution in [3.05, 3.63) is 17.2 Å². The minimum absolute atomic E-state index is 0.744. The molecule has 0 spiro atoms. The highest BCUT2D eigenvalue weighted by Gasteiger charge is 2.25. The van der Waals surface area contributed by atoms with Crippen LogP contribution in [-0.4, -0.2) is 23.1 Å². The Morgan fingerprint density at radius 3 is 2.79 bits per heavy atom. The normalized spacial score (nSPS) is 20.5. The minimum atomic E-state index is 0.744. The fourth-order valence-electron chi connectivity index (χ4n) is 3.76. The van der Waals surface area contributed by atoms with Gasteiger partial charge in [0.2, 0.25) is 0 Å². The Labute approximate surface area is 116 Å². The minimum Gasteiger partial charge on any atom is -0.332 e. The number of hydrogen-bond donors (Lipinski definition) is 1. The molecule has 0 radical (unpaired) electrons. The summed E-state index contributed by atoms with van der Waals surface area (Å²) in [5.74, 6) is 2.18. The van der Waals surface area contributed by atoms with Gasteiger partial charge in [0.15, 0.2) is 0 Å². The van der Waals surface area contributed by atoms with Crippen molar-refractivity contribution in [3.63, 3.8) is 0 Å². The summed E-state index contributed by atoms with van der Waals surface area (Å²) in [5.41, 5.74) is 2.94. The van der Waals surface area contributed by atoms with E-state index >= 15 is 0 Å². The molecule has 1 N–H and O–H groups in total. The van der Waals surface area contributed by atoms with E-state index in [0.29, 0.717) is 0 Å². The monoisotopic (exact) mass is 261 g/mol. The molecular weight excluding hydrogens is 234 g/mol. The maximum atomic E-state index is 5.08. The van der Waals surface area contributed by atoms with Gasteiger partial charge in [-0.1, -0.05) is 19.3 Å². The molecule has 1 aromatic heterocycles. The number of hydrogen-bond acceptors (Lipinski definition) is 2. The largest absolute Gasteiger partial charge is 0.332 e. The molecule has 0 bridgehead atoms. The summed E-state index contributed by atoms with van der Waals surface area (Å²) in [7, 11) is 2.03. The smallest absolute Gasteiger partial charge is 0.112 e. The van der Waals surface area contributed by atoms with Crippen LogP contribution in [0.4, 0.5) is 0 Å². The van der Waals surface area contributed by atoms with E-state index in [-0.39, 0.29) is 0 Å². The molecule has 3 heteroatoms. The highest BCUT2D eigenvalue weighted by Crippen LogP contribution is 2.34. The fourth-order valence-corrected chi connectivity index (χ4v) is 3.76. The van der Waals surface area contributed by atoms with Crippen LogP contribution in [0.25, 0.3) is 0 Å². The molecule has 0 atom stereocenters. The van der Waals surface area contributed by atoms with Crippen LogP contribution in [0, 0.1) is 0 Å². The quantitative estimate of drug-likeness (QED) is 0.903. The second-order valence-corrected chi connectivity index (χ2v) is 6.16. The van der Waals surface area contributed by atoms with Gasteiger partial charge in [-0.3, -0.25) is 0 Å². The van der Waals surface area contributed by atoms with Gasteiger partial charge in [-0.25, -0.2) is 4.98 Å². The zero-order valence-electron chi connectivity index (χ0n) is 12.2. The predicted octanol–water partition coefficient (Wildman–Crippen LogP) is 3.03. The van der Waals surface area contributed by atoms with Crippen molar-refractivity contribution in [3.8, 4) is 0 Å². The van der Waals surface area contributed by atoms with Crippen molar-refractivity contribution in [1.82, 2.24) is 14.9 Å². The molecule has 106 valence electrons. The van der Waals surface area contributed by atoms with Crippen molar-refractivity contribution in [2.75, 3.05) is 13.6 Å². The Balaban J connectivity index is 1.87. The summed E-state index contributed by atoms with van der Waals surface area (Å²) >= 11 is 0. The molecule has 0 aromatic carbocycles. The lowest BCUT2D eigenvalue weighted by atomic mass is 9.88. The summed E-state index contributed by atoms with van der Waals surface area (Å²) in [6, 6.07) is 0. The van der Waals surface area contributed by atoms with E-state index in [4.69, 9.17) is 4.98 Å². The Kier molecular flexibility index (Phi) is 4.21.